The molecule has 3 aromatic rings. The summed E-state index contributed by atoms with van der Waals surface area (Å²) in [5, 5.41) is 4.05. The number of carbonyl (C=O) groups is 2. The second-order valence-corrected chi connectivity index (χ2v) is 13.1. The molecule has 8 nitrogen and oxygen atoms in total. The van der Waals surface area contributed by atoms with Gasteiger partial charge >= 0.3 is 0 Å². The molecular weight excluding hydrogens is 522 g/mol. The number of nitrogens with two attached hydrogens (primary N) is 1. The molecule has 2 aliphatic heterocycles. The zero-order chi connectivity index (χ0) is 27.8. The number of hydrogen-bond donors (Lipinski definition) is 2. The highest BCUT2D eigenvalue weighted by molar-refractivity contribution is 7.18. The first kappa shape index (κ1) is 27.3. The van der Waals surface area contributed by atoms with E-state index in [9.17, 15) is 9.59 Å². The van der Waals surface area contributed by atoms with E-state index in [4.69, 9.17) is 15.5 Å². The minimum Gasteiger partial charge on any atom is -0.383 e. The highest BCUT2D eigenvalue weighted by Crippen LogP contribution is 2.43. The minimum absolute atomic E-state index is 0.00284. The lowest BCUT2D eigenvalue weighted by Crippen LogP contribution is -2.36. The molecule has 2 saturated heterocycles. The smallest absolute Gasteiger partial charge is 0.292 e. The Kier molecular flexibility index (Phi) is 7.88. The van der Waals surface area contributed by atoms with Gasteiger partial charge in [0.05, 0.1) is 33.7 Å². The number of fused-ring (bicyclic) bond motifs is 1. The van der Waals surface area contributed by atoms with Crippen LogP contribution >= 0.6 is 11.3 Å². The summed E-state index contributed by atoms with van der Waals surface area (Å²) in [6.07, 6.45) is 7.32. The van der Waals surface area contributed by atoms with E-state index in [1.54, 1.807) is 11.3 Å². The second-order valence-electron chi connectivity index (χ2n) is 12.1. The molecule has 1 saturated carbocycles. The summed E-state index contributed by atoms with van der Waals surface area (Å²) in [5.41, 5.74) is 9.61. The average molecular weight is 562 g/mol. The fourth-order valence-electron chi connectivity index (χ4n) is 6.72. The van der Waals surface area contributed by atoms with Gasteiger partial charge in [-0.05, 0) is 87.8 Å². The molecule has 40 heavy (non-hydrogen) atoms. The fraction of sp³-hybridized carbons (Fsp3) is 0.548. The Morgan fingerprint density at radius 2 is 1.93 bits per heavy atom. The molecule has 0 bridgehead atoms. The summed E-state index contributed by atoms with van der Waals surface area (Å²) < 4.78 is 6.70. The number of anilines is 2. The Balaban J connectivity index is 1.20. The van der Waals surface area contributed by atoms with E-state index in [1.165, 1.54) is 15.9 Å². The van der Waals surface area contributed by atoms with E-state index < -0.39 is 5.91 Å². The molecule has 6 rings (SSSR count). The Hall–Kier alpha value is -2.88. The van der Waals surface area contributed by atoms with Crippen molar-refractivity contribution < 1.29 is 14.3 Å². The van der Waals surface area contributed by atoms with Crippen LogP contribution in [0.4, 0.5) is 11.5 Å². The van der Waals surface area contributed by atoms with E-state index in [-0.39, 0.29) is 23.5 Å². The van der Waals surface area contributed by atoms with Crippen LogP contribution in [0.1, 0.15) is 79.3 Å². The number of benzene rings is 1. The molecular formula is C31H39N5O3S. The number of rotatable bonds is 6. The van der Waals surface area contributed by atoms with Crippen molar-refractivity contribution in [1.29, 1.82) is 0 Å². The van der Waals surface area contributed by atoms with E-state index >= 15 is 0 Å². The minimum atomic E-state index is -0.580. The van der Waals surface area contributed by atoms with Crippen molar-refractivity contribution in [3.63, 3.8) is 0 Å². The van der Waals surface area contributed by atoms with Gasteiger partial charge in [-0.25, -0.2) is 9.97 Å². The normalized spacial score (nSPS) is 26.2. The van der Waals surface area contributed by atoms with E-state index in [2.05, 4.69) is 47.4 Å². The summed E-state index contributed by atoms with van der Waals surface area (Å²) in [6.45, 7) is 5.67. The van der Waals surface area contributed by atoms with Crippen molar-refractivity contribution in [3.05, 3.63) is 46.6 Å². The maximum atomic E-state index is 13.6. The van der Waals surface area contributed by atoms with Crippen LogP contribution in [0.25, 0.3) is 10.2 Å². The molecule has 9 heteroatoms. The molecule has 4 atom stereocenters. The number of nitrogens with one attached hydrogen (secondary N) is 1. The average Bonchev–Trinajstić information content (AvgIpc) is 3.64. The van der Waals surface area contributed by atoms with Crippen molar-refractivity contribution in [2.24, 2.45) is 11.8 Å². The van der Waals surface area contributed by atoms with Gasteiger partial charge in [0.2, 0.25) is 5.78 Å². The topological polar surface area (TPSA) is 110 Å². The standard InChI is InChI=1S/C31H39N5O3S/c1-18-3-5-23(20-4-6-27-26(14-20)35-31(40-27)19-7-10-36(2)11-8-19)25(13-18)28(37)30(38)34-22-15-24(29(32)33-16-22)21-9-12-39-17-21/h4,6,14-16,18-19,21,23,25H,3,5,7-13,17H2,1-2H3,(H2,32,33)(H,34,38)/t18-,21?,23+,25?/m0/s1. The first-order valence-electron chi connectivity index (χ1n) is 14.6. The first-order valence-corrected chi connectivity index (χ1v) is 15.4. The van der Waals surface area contributed by atoms with E-state index in [1.807, 2.05) is 6.07 Å². The number of aromatic nitrogens is 2. The number of amides is 1. The largest absolute Gasteiger partial charge is 0.383 e. The van der Waals surface area contributed by atoms with Gasteiger partial charge in [0.25, 0.3) is 5.91 Å². The molecule has 3 aliphatic rings. The molecule has 1 amide bonds. The number of nitrogens with zero attached hydrogens (tertiary/aromatic N) is 3. The van der Waals surface area contributed by atoms with Crippen LogP contribution in [0.3, 0.4) is 0 Å². The number of carbonyl (C=O) groups excluding carboxylic acids is 2. The van der Waals surface area contributed by atoms with Crippen LogP contribution in [0.15, 0.2) is 30.5 Å². The zero-order valence-electron chi connectivity index (χ0n) is 23.4. The van der Waals surface area contributed by atoms with Gasteiger partial charge in [0.1, 0.15) is 5.82 Å². The second kappa shape index (κ2) is 11.5. The van der Waals surface area contributed by atoms with Crippen molar-refractivity contribution >= 4 is 44.7 Å². The number of piperidine rings is 1. The monoisotopic (exact) mass is 561 g/mol. The fourth-order valence-corrected chi connectivity index (χ4v) is 7.84. The highest BCUT2D eigenvalue weighted by atomic mass is 32.1. The molecule has 4 heterocycles. The zero-order valence-corrected chi connectivity index (χ0v) is 24.2. The summed E-state index contributed by atoms with van der Waals surface area (Å²) in [7, 11) is 2.18. The molecule has 1 aromatic carbocycles. The van der Waals surface area contributed by atoms with Crippen LogP contribution in [-0.4, -0.2) is 59.9 Å². The lowest BCUT2D eigenvalue weighted by Gasteiger charge is -2.34. The van der Waals surface area contributed by atoms with Crippen LogP contribution < -0.4 is 11.1 Å². The van der Waals surface area contributed by atoms with Gasteiger partial charge < -0.3 is 20.7 Å². The third kappa shape index (κ3) is 5.64. The summed E-state index contributed by atoms with van der Waals surface area (Å²) in [4.78, 5) is 38.6. The van der Waals surface area contributed by atoms with E-state index in [0.717, 1.165) is 61.8 Å². The molecule has 212 valence electrons. The third-order valence-electron chi connectivity index (χ3n) is 9.17. The predicted octanol–water partition coefficient (Wildman–Crippen LogP) is 5.31. The maximum absolute atomic E-state index is 13.6. The molecule has 2 aromatic heterocycles. The summed E-state index contributed by atoms with van der Waals surface area (Å²) in [5.74, 6) is 0.217. The maximum Gasteiger partial charge on any atom is 0.292 e. The summed E-state index contributed by atoms with van der Waals surface area (Å²) in [6, 6.07) is 8.32. The number of nitrogen functional groups attached to an aromatic ring is 1. The Morgan fingerprint density at radius 3 is 2.70 bits per heavy atom. The molecule has 3 fully saturated rings. The predicted molar refractivity (Wildman–Crippen MR) is 159 cm³/mol. The first-order chi connectivity index (χ1) is 19.4. The number of likely N-dealkylation sites (tertiary alicyclic amines) is 1. The van der Waals surface area contributed by atoms with Gasteiger partial charge in [-0.1, -0.05) is 19.4 Å². The highest BCUT2D eigenvalue weighted by Gasteiger charge is 2.38. The number of ketones is 1. The number of pyridine rings is 1. The van der Waals surface area contributed by atoms with Crippen LogP contribution in [0.2, 0.25) is 0 Å². The molecule has 0 radical (unpaired) electrons. The lowest BCUT2D eigenvalue weighted by atomic mass is 9.70. The Morgan fingerprint density at radius 1 is 1.10 bits per heavy atom. The molecule has 3 N–H and O–H groups in total. The van der Waals surface area contributed by atoms with Gasteiger partial charge in [0.15, 0.2) is 0 Å². The van der Waals surface area contributed by atoms with Crippen LogP contribution in [-0.2, 0) is 14.3 Å². The van der Waals surface area contributed by atoms with Crippen LogP contribution in [0.5, 0.6) is 0 Å². The van der Waals surface area contributed by atoms with Gasteiger partial charge in [0, 0.05) is 29.9 Å². The SMILES string of the molecule is C[C@H]1CC[C@H](c2ccc3sc(C4CCN(C)CC4)nc3c2)C(C(=O)C(=O)Nc2cnc(N)c(C3CCOC3)c2)C1. The number of hydrogen-bond acceptors (Lipinski definition) is 8. The van der Waals surface area contributed by atoms with Crippen LogP contribution in [0, 0.1) is 11.8 Å². The lowest BCUT2D eigenvalue weighted by molar-refractivity contribution is -0.138. The molecule has 0 spiro atoms. The van der Waals surface area contributed by atoms with Gasteiger partial charge in [-0.2, -0.15) is 0 Å². The van der Waals surface area contributed by atoms with Crippen molar-refractivity contribution in [2.45, 2.75) is 63.2 Å². The number of ether oxygens (including phenoxy) is 1. The third-order valence-corrected chi connectivity index (χ3v) is 10.4. The molecule has 2 unspecified atom stereocenters. The number of Topliss-reactive ketones (excluding diaryl/α,β-unsaturated/α-hetero) is 1. The molecule has 1 aliphatic carbocycles. The van der Waals surface area contributed by atoms with E-state index in [0.29, 0.717) is 43.0 Å². The Bertz CT molecular complexity index is 1390. The van der Waals surface area contributed by atoms with Crippen molar-refractivity contribution in [2.75, 3.05) is 44.4 Å². The van der Waals surface area contributed by atoms with Gasteiger partial charge in [-0.15, -0.1) is 11.3 Å². The summed E-state index contributed by atoms with van der Waals surface area (Å²) >= 11 is 1.80. The Labute approximate surface area is 239 Å². The van der Waals surface area contributed by atoms with Gasteiger partial charge in [-0.3, -0.25) is 9.59 Å². The number of thiazole rings is 1. The van der Waals surface area contributed by atoms with Crippen molar-refractivity contribution in [1.82, 2.24) is 14.9 Å². The van der Waals surface area contributed by atoms with Crippen molar-refractivity contribution in [3.8, 4) is 0 Å². The quantitative estimate of drug-likeness (QED) is 0.392.